The fourth-order valence-corrected chi connectivity index (χ4v) is 4.00. The Hall–Kier alpha value is -2.98. The molecule has 0 bridgehead atoms. The Labute approximate surface area is 152 Å². The molecule has 0 saturated heterocycles. The van der Waals surface area contributed by atoms with Crippen LogP contribution in [0.1, 0.15) is 22.6 Å². The fourth-order valence-electron chi connectivity index (χ4n) is 4.00. The van der Waals surface area contributed by atoms with Crippen LogP contribution >= 0.6 is 0 Å². The van der Waals surface area contributed by atoms with E-state index in [2.05, 4.69) is 52.5 Å². The second-order valence-electron chi connectivity index (χ2n) is 6.96. The summed E-state index contributed by atoms with van der Waals surface area (Å²) in [6.07, 6.45) is 3.63. The molecule has 0 fully saturated rings. The van der Waals surface area contributed by atoms with E-state index in [1.54, 1.807) is 6.20 Å². The van der Waals surface area contributed by atoms with Gasteiger partial charge in [0.15, 0.2) is 0 Å². The summed E-state index contributed by atoms with van der Waals surface area (Å²) in [7, 11) is 2.17. The largest absolute Gasteiger partial charge is 0.464 e. The van der Waals surface area contributed by atoms with E-state index in [1.807, 2.05) is 30.5 Å². The Morgan fingerprint density at radius 2 is 1.96 bits per heavy atom. The van der Waals surface area contributed by atoms with Gasteiger partial charge >= 0.3 is 0 Å². The van der Waals surface area contributed by atoms with Crippen molar-refractivity contribution in [2.75, 3.05) is 13.6 Å². The Bertz CT molecular complexity index is 1070. The molecule has 1 unspecified atom stereocenters. The number of nitrogens with zero attached hydrogens (tertiary/aromatic N) is 3. The lowest BCUT2D eigenvalue weighted by Gasteiger charge is -2.32. The predicted octanol–water partition coefficient (Wildman–Crippen LogP) is 4.47. The summed E-state index contributed by atoms with van der Waals surface area (Å²) in [6.45, 7) is 1.93. The van der Waals surface area contributed by atoms with Crippen LogP contribution in [0.2, 0.25) is 0 Å². The summed E-state index contributed by atoms with van der Waals surface area (Å²) in [5.41, 5.74) is 6.96. The molecule has 0 amide bonds. The van der Waals surface area contributed by atoms with E-state index in [9.17, 15) is 0 Å². The van der Waals surface area contributed by atoms with E-state index < -0.39 is 0 Å². The first-order valence-corrected chi connectivity index (χ1v) is 8.85. The van der Waals surface area contributed by atoms with Gasteiger partial charge in [-0.2, -0.15) is 10.2 Å². The highest BCUT2D eigenvalue weighted by molar-refractivity contribution is 5.82. The Morgan fingerprint density at radius 3 is 2.85 bits per heavy atom. The van der Waals surface area contributed by atoms with Crippen LogP contribution in [-0.4, -0.2) is 28.7 Å². The standard InChI is InChI=1S/C22H19N3O/c1-25-12-16-11-15(21-6-4-10-23-24-21)8-9-17(16)19(13-25)20-14-26-22-7-3-2-5-18(20)22/h2-11,14,19H,12-13H2,1H3. The maximum absolute atomic E-state index is 5.81. The molecule has 0 aliphatic carbocycles. The van der Waals surface area contributed by atoms with Crippen LogP contribution in [-0.2, 0) is 6.54 Å². The van der Waals surface area contributed by atoms with Crippen LogP contribution in [0.3, 0.4) is 0 Å². The number of rotatable bonds is 2. The summed E-state index contributed by atoms with van der Waals surface area (Å²) in [5, 5.41) is 9.46. The third-order valence-corrected chi connectivity index (χ3v) is 5.21. The summed E-state index contributed by atoms with van der Waals surface area (Å²) in [6, 6.07) is 18.9. The average Bonchev–Trinajstić information content (AvgIpc) is 3.11. The van der Waals surface area contributed by atoms with Crippen molar-refractivity contribution >= 4 is 11.0 Å². The van der Waals surface area contributed by atoms with Crippen molar-refractivity contribution in [3.8, 4) is 11.3 Å². The topological polar surface area (TPSA) is 42.2 Å². The molecule has 0 N–H and O–H groups in total. The van der Waals surface area contributed by atoms with Crippen LogP contribution in [0.15, 0.2) is 71.5 Å². The molecule has 128 valence electrons. The van der Waals surface area contributed by atoms with Gasteiger partial charge in [0.05, 0.1) is 12.0 Å². The molecule has 2 aromatic carbocycles. The molecule has 1 aliphatic rings. The highest BCUT2D eigenvalue weighted by Gasteiger charge is 2.27. The first-order valence-electron chi connectivity index (χ1n) is 8.85. The van der Waals surface area contributed by atoms with Crippen molar-refractivity contribution in [3.05, 3.63) is 83.7 Å². The third-order valence-electron chi connectivity index (χ3n) is 5.21. The van der Waals surface area contributed by atoms with Gasteiger partial charge in [-0.15, -0.1) is 0 Å². The van der Waals surface area contributed by atoms with Crippen LogP contribution in [0.4, 0.5) is 0 Å². The third kappa shape index (κ3) is 2.50. The summed E-state index contributed by atoms with van der Waals surface area (Å²) in [5.74, 6) is 0.309. The SMILES string of the molecule is CN1Cc2cc(-c3cccnn3)ccc2C(c2coc3ccccc23)C1. The molecule has 4 aromatic rings. The molecule has 0 radical (unpaired) electrons. The van der Waals surface area contributed by atoms with Gasteiger partial charge in [0, 0.05) is 41.7 Å². The quantitative estimate of drug-likeness (QED) is 0.539. The summed E-state index contributed by atoms with van der Waals surface area (Å²) in [4.78, 5) is 2.37. The number of furan rings is 1. The molecule has 4 heteroatoms. The Balaban J connectivity index is 1.62. The first-order chi connectivity index (χ1) is 12.8. The van der Waals surface area contributed by atoms with Gasteiger partial charge in [0.25, 0.3) is 0 Å². The van der Waals surface area contributed by atoms with Gasteiger partial charge in [-0.1, -0.05) is 30.3 Å². The lowest BCUT2D eigenvalue weighted by molar-refractivity contribution is 0.295. The lowest BCUT2D eigenvalue weighted by atomic mass is 9.83. The lowest BCUT2D eigenvalue weighted by Crippen LogP contribution is -2.30. The predicted molar refractivity (Wildman–Crippen MR) is 102 cm³/mol. The van der Waals surface area contributed by atoms with Gasteiger partial charge in [-0.3, -0.25) is 0 Å². The van der Waals surface area contributed by atoms with Crippen LogP contribution in [0, 0.1) is 0 Å². The second kappa shape index (κ2) is 6.07. The van der Waals surface area contributed by atoms with Gasteiger partial charge in [0.1, 0.15) is 5.58 Å². The van der Waals surface area contributed by atoms with Gasteiger partial charge in [-0.05, 0) is 42.4 Å². The number of fused-ring (bicyclic) bond motifs is 2. The monoisotopic (exact) mass is 341 g/mol. The molecule has 26 heavy (non-hydrogen) atoms. The molecule has 2 aromatic heterocycles. The van der Waals surface area contributed by atoms with Crippen LogP contribution < -0.4 is 0 Å². The van der Waals surface area contributed by atoms with E-state index in [4.69, 9.17) is 4.42 Å². The number of aromatic nitrogens is 2. The Kier molecular flexibility index (Phi) is 3.57. The maximum atomic E-state index is 5.81. The van der Waals surface area contributed by atoms with Gasteiger partial charge in [-0.25, -0.2) is 0 Å². The minimum absolute atomic E-state index is 0.309. The highest BCUT2D eigenvalue weighted by atomic mass is 16.3. The minimum Gasteiger partial charge on any atom is -0.464 e. The van der Waals surface area contributed by atoms with E-state index >= 15 is 0 Å². The number of hydrogen-bond donors (Lipinski definition) is 0. The number of hydrogen-bond acceptors (Lipinski definition) is 4. The molecule has 4 nitrogen and oxygen atoms in total. The molecule has 0 saturated carbocycles. The fraction of sp³-hybridized carbons (Fsp3) is 0.182. The van der Waals surface area contributed by atoms with Crippen LogP contribution in [0.25, 0.3) is 22.2 Å². The summed E-state index contributed by atoms with van der Waals surface area (Å²) < 4.78 is 5.81. The van der Waals surface area contributed by atoms with Crippen molar-refractivity contribution in [3.63, 3.8) is 0 Å². The smallest absolute Gasteiger partial charge is 0.134 e. The molecule has 5 rings (SSSR count). The summed E-state index contributed by atoms with van der Waals surface area (Å²) >= 11 is 0. The highest BCUT2D eigenvalue weighted by Crippen LogP contribution is 2.38. The average molecular weight is 341 g/mol. The zero-order valence-corrected chi connectivity index (χ0v) is 14.6. The first kappa shape index (κ1) is 15.3. The molecular formula is C22H19N3O. The minimum atomic E-state index is 0.309. The second-order valence-corrected chi connectivity index (χ2v) is 6.96. The molecular weight excluding hydrogens is 322 g/mol. The van der Waals surface area contributed by atoms with E-state index in [0.29, 0.717) is 5.92 Å². The zero-order valence-electron chi connectivity index (χ0n) is 14.6. The molecule has 0 spiro atoms. The van der Waals surface area contributed by atoms with Crippen molar-refractivity contribution in [2.45, 2.75) is 12.5 Å². The van der Waals surface area contributed by atoms with Crippen molar-refractivity contribution < 1.29 is 4.42 Å². The zero-order chi connectivity index (χ0) is 17.5. The Morgan fingerprint density at radius 1 is 1.04 bits per heavy atom. The number of likely N-dealkylation sites (N-methyl/N-ethyl adjacent to an activating group) is 1. The molecule has 1 atom stereocenters. The maximum Gasteiger partial charge on any atom is 0.134 e. The normalized spacial score (nSPS) is 17.3. The van der Waals surface area contributed by atoms with Crippen LogP contribution in [0.5, 0.6) is 0 Å². The van der Waals surface area contributed by atoms with Gasteiger partial charge in [0.2, 0.25) is 0 Å². The number of benzene rings is 2. The number of para-hydroxylation sites is 1. The van der Waals surface area contributed by atoms with E-state index in [0.717, 1.165) is 29.9 Å². The van der Waals surface area contributed by atoms with E-state index in [1.165, 1.54) is 22.1 Å². The van der Waals surface area contributed by atoms with E-state index in [-0.39, 0.29) is 0 Å². The van der Waals surface area contributed by atoms with Gasteiger partial charge < -0.3 is 9.32 Å². The molecule has 3 heterocycles. The van der Waals surface area contributed by atoms with Crippen molar-refractivity contribution in [1.29, 1.82) is 0 Å². The molecule has 1 aliphatic heterocycles. The van der Waals surface area contributed by atoms with Crippen molar-refractivity contribution in [1.82, 2.24) is 15.1 Å². The van der Waals surface area contributed by atoms with Crippen molar-refractivity contribution in [2.24, 2.45) is 0 Å².